The summed E-state index contributed by atoms with van der Waals surface area (Å²) in [5.41, 5.74) is -5.37. The second-order valence-corrected chi connectivity index (χ2v) is 5.12. The van der Waals surface area contributed by atoms with Gasteiger partial charge in [0.25, 0.3) is 11.5 Å². The van der Waals surface area contributed by atoms with E-state index in [1.807, 2.05) is 0 Å². The highest BCUT2D eigenvalue weighted by atomic mass is 19.4. The molecule has 0 aliphatic heterocycles. The molecule has 2 aromatic carbocycles. The van der Waals surface area contributed by atoms with E-state index in [1.165, 1.54) is 18.2 Å². The number of aliphatic hydroxyl groups is 1. The molecule has 0 heterocycles. The molecule has 0 aliphatic carbocycles. The molecule has 0 fully saturated rings. The first kappa shape index (κ1) is 18.8. The van der Waals surface area contributed by atoms with Crippen LogP contribution >= 0.6 is 0 Å². The summed E-state index contributed by atoms with van der Waals surface area (Å²) in [5, 5.41) is 11.6. The number of hydrogen-bond donors (Lipinski definition) is 2. The molecule has 2 rings (SSSR count). The van der Waals surface area contributed by atoms with Crippen LogP contribution in [-0.2, 0) is 16.9 Å². The molecule has 2 aromatic rings. The van der Waals surface area contributed by atoms with Crippen LogP contribution in [0.3, 0.4) is 0 Å². The van der Waals surface area contributed by atoms with Crippen molar-refractivity contribution in [3.63, 3.8) is 0 Å². The second-order valence-electron chi connectivity index (χ2n) is 5.12. The number of benzene rings is 2. The van der Waals surface area contributed by atoms with E-state index < -0.39 is 52.8 Å². The van der Waals surface area contributed by atoms with E-state index in [0.717, 1.165) is 12.1 Å². The van der Waals surface area contributed by atoms with Crippen LogP contribution in [0.1, 0.15) is 11.1 Å². The molecular weight excluding hydrogens is 352 g/mol. The SMILES string of the molecule is O=C(NCc1cc(F)cc(F)c1F)C(O)(c1ccccc1)C(F)(F)F. The molecule has 0 spiro atoms. The van der Waals surface area contributed by atoms with Gasteiger partial charge in [-0.25, -0.2) is 13.2 Å². The number of alkyl halides is 3. The zero-order chi connectivity index (χ0) is 18.8. The van der Waals surface area contributed by atoms with Crippen LogP contribution in [0.4, 0.5) is 26.3 Å². The normalized spacial score (nSPS) is 14.0. The van der Waals surface area contributed by atoms with Gasteiger partial charge in [-0.05, 0) is 6.07 Å². The van der Waals surface area contributed by atoms with Gasteiger partial charge in [0, 0.05) is 23.7 Å². The molecule has 1 atom stereocenters. The third-order valence-corrected chi connectivity index (χ3v) is 3.44. The quantitative estimate of drug-likeness (QED) is 0.648. The Morgan fingerprint density at radius 2 is 1.64 bits per heavy atom. The van der Waals surface area contributed by atoms with Crippen LogP contribution in [-0.4, -0.2) is 17.2 Å². The van der Waals surface area contributed by atoms with Gasteiger partial charge in [-0.2, -0.15) is 13.2 Å². The molecule has 1 amide bonds. The fourth-order valence-corrected chi connectivity index (χ4v) is 2.14. The molecule has 3 nitrogen and oxygen atoms in total. The number of rotatable bonds is 4. The Morgan fingerprint density at radius 1 is 1.04 bits per heavy atom. The number of halogens is 6. The van der Waals surface area contributed by atoms with E-state index in [-0.39, 0.29) is 6.07 Å². The van der Waals surface area contributed by atoms with Gasteiger partial charge in [0.2, 0.25) is 0 Å². The van der Waals surface area contributed by atoms with Crippen molar-refractivity contribution < 1.29 is 36.2 Å². The van der Waals surface area contributed by atoms with Crippen LogP contribution in [0.25, 0.3) is 0 Å². The van der Waals surface area contributed by atoms with Crippen LogP contribution in [0.5, 0.6) is 0 Å². The fraction of sp³-hybridized carbons (Fsp3) is 0.188. The molecule has 0 radical (unpaired) electrons. The van der Waals surface area contributed by atoms with E-state index in [1.54, 1.807) is 5.32 Å². The molecule has 0 bridgehead atoms. The van der Waals surface area contributed by atoms with Crippen LogP contribution in [0, 0.1) is 17.5 Å². The minimum absolute atomic E-state index is 0.247. The van der Waals surface area contributed by atoms with Crippen molar-refractivity contribution in [1.29, 1.82) is 0 Å². The first-order valence-electron chi connectivity index (χ1n) is 6.83. The van der Waals surface area contributed by atoms with Crippen molar-refractivity contribution in [3.05, 3.63) is 71.0 Å². The maximum absolute atomic E-state index is 13.5. The number of carbonyl (C=O) groups is 1. The summed E-state index contributed by atoms with van der Waals surface area (Å²) in [6.45, 7) is -0.954. The molecular formula is C16H11F6NO2. The highest BCUT2D eigenvalue weighted by Gasteiger charge is 2.60. The summed E-state index contributed by atoms with van der Waals surface area (Å²) < 4.78 is 79.5. The van der Waals surface area contributed by atoms with Crippen molar-refractivity contribution in [3.8, 4) is 0 Å². The Hall–Kier alpha value is -2.55. The lowest BCUT2D eigenvalue weighted by Gasteiger charge is -2.29. The number of nitrogens with one attached hydrogen (secondary N) is 1. The number of carbonyl (C=O) groups excluding carboxylic acids is 1. The summed E-state index contributed by atoms with van der Waals surface area (Å²) in [4.78, 5) is 12.0. The fourth-order valence-electron chi connectivity index (χ4n) is 2.14. The van der Waals surface area contributed by atoms with Crippen molar-refractivity contribution >= 4 is 5.91 Å². The lowest BCUT2D eigenvalue weighted by molar-refractivity contribution is -0.257. The van der Waals surface area contributed by atoms with Gasteiger partial charge in [-0.3, -0.25) is 4.79 Å². The van der Waals surface area contributed by atoms with E-state index >= 15 is 0 Å². The van der Waals surface area contributed by atoms with Gasteiger partial charge >= 0.3 is 6.18 Å². The largest absolute Gasteiger partial charge is 0.430 e. The first-order valence-corrected chi connectivity index (χ1v) is 6.83. The topological polar surface area (TPSA) is 49.3 Å². The predicted molar refractivity (Wildman–Crippen MR) is 74.6 cm³/mol. The standard InChI is InChI=1S/C16H11F6NO2/c17-11-6-9(13(19)12(18)7-11)8-23-14(24)15(25,16(20,21)22)10-4-2-1-3-5-10/h1-7,25H,8H2,(H,23,24). The predicted octanol–water partition coefficient (Wildman–Crippen LogP) is 3.17. The third kappa shape index (κ3) is 3.60. The molecule has 9 heteroatoms. The summed E-state index contributed by atoms with van der Waals surface area (Å²) in [5.74, 6) is -6.15. The minimum Gasteiger partial charge on any atom is -0.369 e. The summed E-state index contributed by atoms with van der Waals surface area (Å²) in [7, 11) is 0. The average Bonchev–Trinajstić information content (AvgIpc) is 2.55. The molecule has 1 unspecified atom stereocenters. The van der Waals surface area contributed by atoms with E-state index in [4.69, 9.17) is 0 Å². The van der Waals surface area contributed by atoms with Crippen molar-refractivity contribution in [2.45, 2.75) is 18.3 Å². The van der Waals surface area contributed by atoms with Crippen LogP contribution in [0.2, 0.25) is 0 Å². The van der Waals surface area contributed by atoms with E-state index in [2.05, 4.69) is 0 Å². The molecule has 0 aromatic heterocycles. The summed E-state index contributed by atoms with van der Waals surface area (Å²) >= 11 is 0. The Balaban J connectivity index is 2.31. The van der Waals surface area contributed by atoms with Crippen molar-refractivity contribution in [2.75, 3.05) is 0 Å². The van der Waals surface area contributed by atoms with Gasteiger partial charge in [0.05, 0.1) is 0 Å². The van der Waals surface area contributed by atoms with Crippen LogP contribution in [0.15, 0.2) is 42.5 Å². The monoisotopic (exact) mass is 363 g/mol. The smallest absolute Gasteiger partial charge is 0.369 e. The van der Waals surface area contributed by atoms with E-state index in [9.17, 15) is 36.2 Å². The minimum atomic E-state index is -5.38. The Bertz CT molecular complexity index is 778. The first-order chi connectivity index (χ1) is 11.6. The third-order valence-electron chi connectivity index (χ3n) is 3.44. The highest BCUT2D eigenvalue weighted by molar-refractivity contribution is 5.87. The maximum Gasteiger partial charge on any atom is 0.430 e. The lowest BCUT2D eigenvalue weighted by atomic mass is 9.92. The molecule has 134 valence electrons. The van der Waals surface area contributed by atoms with Gasteiger partial charge in [0.1, 0.15) is 5.82 Å². The average molecular weight is 363 g/mol. The lowest BCUT2D eigenvalue weighted by Crippen LogP contribution is -2.54. The number of amides is 1. The van der Waals surface area contributed by atoms with Gasteiger partial charge < -0.3 is 10.4 Å². The molecule has 2 N–H and O–H groups in total. The molecule has 0 saturated carbocycles. The Labute approximate surface area is 137 Å². The molecule has 0 aliphatic rings. The van der Waals surface area contributed by atoms with E-state index in [0.29, 0.717) is 6.07 Å². The zero-order valence-corrected chi connectivity index (χ0v) is 12.4. The van der Waals surface area contributed by atoms with Crippen LogP contribution < -0.4 is 5.32 Å². The maximum atomic E-state index is 13.5. The van der Waals surface area contributed by atoms with Gasteiger partial charge in [0.15, 0.2) is 11.6 Å². The second kappa shape index (κ2) is 6.75. The summed E-state index contributed by atoms with van der Waals surface area (Å²) in [6, 6.07) is 6.28. The van der Waals surface area contributed by atoms with Crippen molar-refractivity contribution in [2.24, 2.45) is 0 Å². The highest BCUT2D eigenvalue weighted by Crippen LogP contribution is 2.39. The summed E-state index contributed by atoms with van der Waals surface area (Å²) in [6.07, 6.45) is -5.38. The molecule has 25 heavy (non-hydrogen) atoms. The van der Waals surface area contributed by atoms with Gasteiger partial charge in [-0.1, -0.05) is 30.3 Å². The Morgan fingerprint density at radius 3 is 2.20 bits per heavy atom. The van der Waals surface area contributed by atoms with Gasteiger partial charge in [-0.15, -0.1) is 0 Å². The molecule has 0 saturated heterocycles. The Kier molecular flexibility index (Phi) is 5.07. The van der Waals surface area contributed by atoms with Crippen molar-refractivity contribution in [1.82, 2.24) is 5.32 Å². The zero-order valence-electron chi connectivity index (χ0n) is 12.4. The number of hydrogen-bond acceptors (Lipinski definition) is 2.